The Bertz CT molecular complexity index is 538. The fourth-order valence-corrected chi connectivity index (χ4v) is 3.51. The average Bonchev–Trinajstić information content (AvgIpc) is 2.95. The van der Waals surface area contributed by atoms with Gasteiger partial charge in [-0.3, -0.25) is 0 Å². The third-order valence-electron chi connectivity index (χ3n) is 2.96. The minimum atomic E-state index is 0.138. The van der Waals surface area contributed by atoms with Gasteiger partial charge in [0.25, 0.3) is 0 Å². The van der Waals surface area contributed by atoms with Crippen LogP contribution in [-0.2, 0) is 13.1 Å². The summed E-state index contributed by atoms with van der Waals surface area (Å²) in [4.78, 5) is 9.62. The highest BCUT2D eigenvalue weighted by Gasteiger charge is 2.14. The molecule has 0 aliphatic heterocycles. The zero-order chi connectivity index (χ0) is 14.8. The van der Waals surface area contributed by atoms with Crippen molar-refractivity contribution in [3.05, 3.63) is 33.0 Å². The summed E-state index contributed by atoms with van der Waals surface area (Å²) in [5.74, 6) is 0. The number of rotatable bonds is 5. The van der Waals surface area contributed by atoms with E-state index >= 15 is 0 Å². The number of nitrogens with one attached hydrogen (secondary N) is 1. The summed E-state index contributed by atoms with van der Waals surface area (Å²) in [5, 5.41) is 6.75. The first-order chi connectivity index (χ1) is 9.35. The summed E-state index contributed by atoms with van der Waals surface area (Å²) in [6.45, 7) is 10.5. The summed E-state index contributed by atoms with van der Waals surface area (Å²) in [6.07, 6.45) is 0. The molecule has 0 unspecified atom stereocenters. The summed E-state index contributed by atoms with van der Waals surface area (Å²) in [6, 6.07) is 4.27. The SMILES string of the molecule is Cc1nc(N(C)Cc2cccs2)sc1CNC(C)(C)C. The predicted octanol–water partition coefficient (Wildman–Crippen LogP) is 4.04. The molecule has 0 saturated carbocycles. The molecule has 2 aromatic rings. The number of aromatic nitrogens is 1. The van der Waals surface area contributed by atoms with Crippen molar-refractivity contribution in [3.63, 3.8) is 0 Å². The van der Waals surface area contributed by atoms with Crippen LogP contribution in [-0.4, -0.2) is 17.6 Å². The molecule has 1 N–H and O–H groups in total. The van der Waals surface area contributed by atoms with Crippen LogP contribution in [0.15, 0.2) is 17.5 Å². The van der Waals surface area contributed by atoms with Crippen molar-refractivity contribution in [1.29, 1.82) is 0 Å². The number of anilines is 1. The van der Waals surface area contributed by atoms with E-state index in [1.807, 2.05) is 0 Å². The first kappa shape index (κ1) is 15.5. The van der Waals surface area contributed by atoms with Gasteiger partial charge in [0.15, 0.2) is 5.13 Å². The first-order valence-corrected chi connectivity index (χ1v) is 8.49. The smallest absolute Gasteiger partial charge is 0.185 e. The number of nitrogens with zero attached hydrogens (tertiary/aromatic N) is 2. The molecule has 0 aromatic carbocycles. The van der Waals surface area contributed by atoms with Gasteiger partial charge in [0, 0.05) is 28.9 Å². The van der Waals surface area contributed by atoms with Crippen molar-refractivity contribution in [3.8, 4) is 0 Å². The molecule has 110 valence electrons. The van der Waals surface area contributed by atoms with Crippen molar-refractivity contribution >= 4 is 27.8 Å². The fraction of sp³-hybridized carbons (Fsp3) is 0.533. The highest BCUT2D eigenvalue weighted by molar-refractivity contribution is 7.15. The van der Waals surface area contributed by atoms with Gasteiger partial charge in [-0.2, -0.15) is 0 Å². The predicted molar refractivity (Wildman–Crippen MR) is 89.9 cm³/mol. The van der Waals surface area contributed by atoms with Gasteiger partial charge in [-0.1, -0.05) is 6.07 Å². The maximum atomic E-state index is 4.70. The maximum Gasteiger partial charge on any atom is 0.185 e. The standard InChI is InChI=1S/C15H23N3S2/c1-11-13(9-16-15(2,3)4)20-14(17-11)18(5)10-12-7-6-8-19-12/h6-8,16H,9-10H2,1-5H3. The lowest BCUT2D eigenvalue weighted by molar-refractivity contribution is 0.425. The summed E-state index contributed by atoms with van der Waals surface area (Å²) in [5.41, 5.74) is 1.28. The van der Waals surface area contributed by atoms with E-state index in [9.17, 15) is 0 Å². The summed E-state index contributed by atoms with van der Waals surface area (Å²) >= 11 is 3.58. The molecule has 2 aromatic heterocycles. The van der Waals surface area contributed by atoms with Crippen LogP contribution in [0.1, 0.15) is 36.2 Å². The van der Waals surface area contributed by atoms with Crippen LogP contribution >= 0.6 is 22.7 Å². The Morgan fingerprint density at radius 2 is 2.10 bits per heavy atom. The largest absolute Gasteiger partial charge is 0.346 e. The summed E-state index contributed by atoms with van der Waals surface area (Å²) in [7, 11) is 2.11. The second kappa shape index (κ2) is 6.24. The zero-order valence-corrected chi connectivity index (χ0v) is 14.5. The van der Waals surface area contributed by atoms with E-state index < -0.39 is 0 Å². The van der Waals surface area contributed by atoms with E-state index in [1.54, 1.807) is 22.7 Å². The molecule has 5 heteroatoms. The maximum absolute atomic E-state index is 4.70. The van der Waals surface area contributed by atoms with Crippen molar-refractivity contribution in [2.45, 2.75) is 46.3 Å². The lowest BCUT2D eigenvalue weighted by Crippen LogP contribution is -2.34. The van der Waals surface area contributed by atoms with Crippen molar-refractivity contribution < 1.29 is 0 Å². The number of aryl methyl sites for hydroxylation is 1. The van der Waals surface area contributed by atoms with Gasteiger partial charge in [0.05, 0.1) is 12.2 Å². The number of thiazole rings is 1. The van der Waals surface area contributed by atoms with Crippen LogP contribution in [0.4, 0.5) is 5.13 Å². The van der Waals surface area contributed by atoms with Gasteiger partial charge in [0.1, 0.15) is 0 Å². The highest BCUT2D eigenvalue weighted by Crippen LogP contribution is 2.27. The van der Waals surface area contributed by atoms with Gasteiger partial charge in [0.2, 0.25) is 0 Å². The number of hydrogen-bond donors (Lipinski definition) is 1. The molecule has 0 bridgehead atoms. The molecule has 0 aliphatic carbocycles. The lowest BCUT2D eigenvalue weighted by Gasteiger charge is -2.20. The van der Waals surface area contributed by atoms with E-state index in [4.69, 9.17) is 4.98 Å². The van der Waals surface area contributed by atoms with E-state index in [2.05, 4.69) is 62.5 Å². The Morgan fingerprint density at radius 1 is 1.35 bits per heavy atom. The van der Waals surface area contributed by atoms with Crippen molar-refractivity contribution in [2.24, 2.45) is 0 Å². The van der Waals surface area contributed by atoms with Gasteiger partial charge in [-0.25, -0.2) is 4.98 Å². The molecule has 0 saturated heterocycles. The Hall–Kier alpha value is -0.910. The molecule has 0 radical (unpaired) electrons. The van der Waals surface area contributed by atoms with Crippen LogP contribution in [0.25, 0.3) is 0 Å². The molecular formula is C15H23N3S2. The first-order valence-electron chi connectivity index (χ1n) is 6.80. The van der Waals surface area contributed by atoms with Gasteiger partial charge in [-0.15, -0.1) is 22.7 Å². The molecule has 2 rings (SSSR count). The van der Waals surface area contributed by atoms with Gasteiger partial charge >= 0.3 is 0 Å². The Labute approximate surface area is 129 Å². The molecule has 0 fully saturated rings. The Morgan fingerprint density at radius 3 is 2.70 bits per heavy atom. The molecule has 0 amide bonds. The topological polar surface area (TPSA) is 28.2 Å². The van der Waals surface area contributed by atoms with Crippen LogP contribution in [0.5, 0.6) is 0 Å². The normalized spacial score (nSPS) is 11.8. The minimum Gasteiger partial charge on any atom is -0.346 e. The summed E-state index contributed by atoms with van der Waals surface area (Å²) < 4.78 is 0. The number of hydrogen-bond acceptors (Lipinski definition) is 5. The van der Waals surface area contributed by atoms with Gasteiger partial charge < -0.3 is 10.2 Å². The average molecular weight is 310 g/mol. The molecule has 3 nitrogen and oxygen atoms in total. The van der Waals surface area contributed by atoms with Crippen molar-refractivity contribution in [1.82, 2.24) is 10.3 Å². The van der Waals surface area contributed by atoms with Crippen LogP contribution in [0.2, 0.25) is 0 Å². The Kier molecular flexibility index (Phi) is 4.83. The molecule has 0 spiro atoms. The molecule has 2 heterocycles. The molecule has 0 atom stereocenters. The molecule has 0 aliphatic rings. The quantitative estimate of drug-likeness (QED) is 0.903. The molecular weight excluding hydrogens is 286 g/mol. The minimum absolute atomic E-state index is 0.138. The highest BCUT2D eigenvalue weighted by atomic mass is 32.1. The van der Waals surface area contributed by atoms with Crippen molar-refractivity contribution in [2.75, 3.05) is 11.9 Å². The zero-order valence-electron chi connectivity index (χ0n) is 12.9. The van der Waals surface area contributed by atoms with E-state index in [-0.39, 0.29) is 5.54 Å². The third-order valence-corrected chi connectivity index (χ3v) is 5.09. The molecule has 20 heavy (non-hydrogen) atoms. The second-order valence-electron chi connectivity index (χ2n) is 6.04. The van der Waals surface area contributed by atoms with E-state index in [0.717, 1.165) is 23.9 Å². The van der Waals surface area contributed by atoms with Crippen LogP contribution in [0.3, 0.4) is 0 Å². The second-order valence-corrected chi connectivity index (χ2v) is 8.14. The van der Waals surface area contributed by atoms with E-state index in [0.29, 0.717) is 0 Å². The van der Waals surface area contributed by atoms with Crippen LogP contribution < -0.4 is 10.2 Å². The number of thiophene rings is 1. The third kappa shape index (κ3) is 4.30. The van der Waals surface area contributed by atoms with Gasteiger partial charge in [-0.05, 0) is 39.1 Å². The fourth-order valence-electron chi connectivity index (χ4n) is 1.79. The van der Waals surface area contributed by atoms with E-state index in [1.165, 1.54) is 9.75 Å². The Balaban J connectivity index is 2.02. The monoisotopic (exact) mass is 309 g/mol. The van der Waals surface area contributed by atoms with Crippen LogP contribution in [0, 0.1) is 6.92 Å². The lowest BCUT2D eigenvalue weighted by atomic mass is 10.1.